The molecule has 0 unspecified atom stereocenters. The molecule has 2 N–H and O–H groups in total. The topological polar surface area (TPSA) is 63.4 Å². The molecule has 112 valence electrons. The number of nitrogens with two attached hydrogens (primary N) is 1. The van der Waals surface area contributed by atoms with Crippen LogP contribution < -0.4 is 5.73 Å². The second-order valence-electron chi connectivity index (χ2n) is 5.05. The van der Waals surface area contributed by atoms with Crippen molar-refractivity contribution < 1.29 is 8.42 Å². The third-order valence-corrected chi connectivity index (χ3v) is 5.54. The minimum atomic E-state index is -3.49. The van der Waals surface area contributed by atoms with Crippen LogP contribution in [0.2, 0.25) is 0 Å². The highest BCUT2D eigenvalue weighted by Crippen LogP contribution is 2.23. The van der Waals surface area contributed by atoms with Crippen LogP contribution in [0, 0.1) is 6.92 Å². The Morgan fingerprint density at radius 3 is 2.40 bits per heavy atom. The van der Waals surface area contributed by atoms with Crippen LogP contribution in [0.1, 0.15) is 38.3 Å². The Labute approximate surface area is 127 Å². The van der Waals surface area contributed by atoms with Crippen molar-refractivity contribution in [2.75, 3.05) is 6.54 Å². The molecule has 0 fully saturated rings. The second kappa shape index (κ2) is 6.65. The molecule has 0 saturated heterocycles. The van der Waals surface area contributed by atoms with Gasteiger partial charge in [-0.25, -0.2) is 8.42 Å². The standard InChI is InChI=1S/C14H22N2O2S2/c1-5-8-16(10(2)3)20(17,18)13-7-6-12(14(15)19)9-11(13)4/h6-7,9-10H,5,8H2,1-4H3,(H2,15,19). The molecule has 0 bridgehead atoms. The summed E-state index contributed by atoms with van der Waals surface area (Å²) < 4.78 is 27.0. The van der Waals surface area contributed by atoms with Gasteiger partial charge in [0, 0.05) is 18.2 Å². The summed E-state index contributed by atoms with van der Waals surface area (Å²) in [6, 6.07) is 4.89. The van der Waals surface area contributed by atoms with Crippen LogP contribution in [0.5, 0.6) is 0 Å². The summed E-state index contributed by atoms with van der Waals surface area (Å²) >= 11 is 4.91. The first-order valence-electron chi connectivity index (χ1n) is 6.64. The SMILES string of the molecule is CCCN(C(C)C)S(=O)(=O)c1ccc(C(N)=S)cc1C. The summed E-state index contributed by atoms with van der Waals surface area (Å²) in [5.41, 5.74) is 6.92. The average molecular weight is 314 g/mol. The van der Waals surface area contributed by atoms with Crippen LogP contribution in [0.4, 0.5) is 0 Å². The number of hydrogen-bond acceptors (Lipinski definition) is 3. The maximum Gasteiger partial charge on any atom is 0.243 e. The van der Waals surface area contributed by atoms with E-state index in [0.717, 1.165) is 6.42 Å². The van der Waals surface area contributed by atoms with Crippen LogP contribution in [-0.2, 0) is 10.0 Å². The number of benzene rings is 1. The van der Waals surface area contributed by atoms with E-state index in [1.54, 1.807) is 25.1 Å². The fourth-order valence-electron chi connectivity index (χ4n) is 2.09. The van der Waals surface area contributed by atoms with Crippen molar-refractivity contribution in [1.29, 1.82) is 0 Å². The Kier molecular flexibility index (Phi) is 5.68. The van der Waals surface area contributed by atoms with Crippen molar-refractivity contribution in [2.24, 2.45) is 5.73 Å². The van der Waals surface area contributed by atoms with Gasteiger partial charge in [0.1, 0.15) is 4.99 Å². The summed E-state index contributed by atoms with van der Waals surface area (Å²) in [7, 11) is -3.49. The Bertz CT molecular complexity index is 595. The minimum Gasteiger partial charge on any atom is -0.389 e. The summed E-state index contributed by atoms with van der Waals surface area (Å²) in [6.07, 6.45) is 0.779. The number of aryl methyl sites for hydroxylation is 1. The average Bonchev–Trinajstić information content (AvgIpc) is 2.34. The number of rotatable bonds is 6. The van der Waals surface area contributed by atoms with E-state index in [2.05, 4.69) is 0 Å². The third kappa shape index (κ3) is 3.56. The van der Waals surface area contributed by atoms with E-state index in [1.807, 2.05) is 20.8 Å². The lowest BCUT2D eigenvalue weighted by Gasteiger charge is -2.26. The molecule has 0 heterocycles. The van der Waals surface area contributed by atoms with Gasteiger partial charge in [0.25, 0.3) is 0 Å². The van der Waals surface area contributed by atoms with Gasteiger partial charge in [-0.3, -0.25) is 0 Å². The molecule has 0 aliphatic heterocycles. The molecule has 0 spiro atoms. The van der Waals surface area contributed by atoms with E-state index in [-0.39, 0.29) is 11.0 Å². The monoisotopic (exact) mass is 314 g/mol. The number of sulfonamides is 1. The van der Waals surface area contributed by atoms with Gasteiger partial charge < -0.3 is 5.73 Å². The number of nitrogens with zero attached hydrogens (tertiary/aromatic N) is 1. The molecule has 20 heavy (non-hydrogen) atoms. The lowest BCUT2D eigenvalue weighted by molar-refractivity contribution is 0.354. The van der Waals surface area contributed by atoms with Crippen LogP contribution >= 0.6 is 12.2 Å². The van der Waals surface area contributed by atoms with Crippen LogP contribution in [0.15, 0.2) is 23.1 Å². The zero-order valence-electron chi connectivity index (χ0n) is 12.4. The molecule has 6 heteroatoms. The van der Waals surface area contributed by atoms with Crippen molar-refractivity contribution >= 4 is 27.2 Å². The largest absolute Gasteiger partial charge is 0.389 e. The molecular formula is C14H22N2O2S2. The summed E-state index contributed by atoms with van der Waals surface area (Å²) in [5, 5.41) is 0. The van der Waals surface area contributed by atoms with Gasteiger partial charge in [-0.1, -0.05) is 25.2 Å². The van der Waals surface area contributed by atoms with Crippen LogP contribution in [-0.4, -0.2) is 30.3 Å². The molecule has 0 atom stereocenters. The lowest BCUT2D eigenvalue weighted by atomic mass is 10.1. The smallest absolute Gasteiger partial charge is 0.243 e. The Morgan fingerprint density at radius 2 is 2.00 bits per heavy atom. The van der Waals surface area contributed by atoms with Crippen molar-refractivity contribution in [3.05, 3.63) is 29.3 Å². The molecule has 0 amide bonds. The first-order chi connectivity index (χ1) is 9.21. The van der Waals surface area contributed by atoms with Gasteiger partial charge >= 0.3 is 0 Å². The third-order valence-electron chi connectivity index (χ3n) is 3.07. The summed E-state index contributed by atoms with van der Waals surface area (Å²) in [4.78, 5) is 0.589. The van der Waals surface area contributed by atoms with E-state index in [9.17, 15) is 8.42 Å². The molecule has 1 aromatic rings. The molecule has 1 rings (SSSR count). The van der Waals surface area contributed by atoms with E-state index >= 15 is 0 Å². The quantitative estimate of drug-likeness (QED) is 0.819. The van der Waals surface area contributed by atoms with Crippen molar-refractivity contribution in [3.63, 3.8) is 0 Å². The van der Waals surface area contributed by atoms with E-state index < -0.39 is 10.0 Å². The minimum absolute atomic E-state index is 0.0744. The van der Waals surface area contributed by atoms with Crippen LogP contribution in [0.3, 0.4) is 0 Å². The number of hydrogen-bond donors (Lipinski definition) is 1. The highest BCUT2D eigenvalue weighted by atomic mass is 32.2. The van der Waals surface area contributed by atoms with Gasteiger partial charge in [-0.15, -0.1) is 0 Å². The van der Waals surface area contributed by atoms with E-state index in [4.69, 9.17) is 18.0 Å². The molecule has 1 aromatic carbocycles. The van der Waals surface area contributed by atoms with Gasteiger partial charge in [-0.05, 0) is 44.9 Å². The second-order valence-corrected chi connectivity index (χ2v) is 7.35. The van der Waals surface area contributed by atoms with Crippen LogP contribution in [0.25, 0.3) is 0 Å². The van der Waals surface area contributed by atoms with Gasteiger partial charge in [0.2, 0.25) is 10.0 Å². The zero-order chi connectivity index (χ0) is 15.5. The molecule has 0 saturated carbocycles. The maximum absolute atomic E-state index is 12.7. The first-order valence-corrected chi connectivity index (χ1v) is 8.49. The van der Waals surface area contributed by atoms with Gasteiger partial charge in [-0.2, -0.15) is 4.31 Å². The predicted octanol–water partition coefficient (Wildman–Crippen LogP) is 2.44. The normalized spacial score (nSPS) is 12.1. The van der Waals surface area contributed by atoms with Crippen molar-refractivity contribution in [3.8, 4) is 0 Å². The number of thiocarbonyl (C=S) groups is 1. The van der Waals surface area contributed by atoms with Gasteiger partial charge in [0.15, 0.2) is 0 Å². The first kappa shape index (κ1) is 17.1. The molecular weight excluding hydrogens is 292 g/mol. The lowest BCUT2D eigenvalue weighted by Crippen LogP contribution is -2.37. The molecule has 0 radical (unpaired) electrons. The highest BCUT2D eigenvalue weighted by molar-refractivity contribution is 7.89. The maximum atomic E-state index is 12.7. The Morgan fingerprint density at radius 1 is 1.40 bits per heavy atom. The fourth-order valence-corrected chi connectivity index (χ4v) is 4.16. The zero-order valence-corrected chi connectivity index (χ0v) is 14.0. The molecule has 0 aliphatic carbocycles. The van der Waals surface area contributed by atoms with E-state index in [0.29, 0.717) is 22.6 Å². The Balaban J connectivity index is 3.31. The summed E-state index contributed by atoms with van der Waals surface area (Å²) in [6.45, 7) is 8.00. The van der Waals surface area contributed by atoms with Gasteiger partial charge in [0.05, 0.1) is 4.90 Å². The summed E-state index contributed by atoms with van der Waals surface area (Å²) in [5.74, 6) is 0. The molecule has 0 aliphatic rings. The Hall–Kier alpha value is -0.980. The fraction of sp³-hybridized carbons (Fsp3) is 0.500. The van der Waals surface area contributed by atoms with E-state index in [1.165, 1.54) is 4.31 Å². The van der Waals surface area contributed by atoms with Crippen molar-refractivity contribution in [2.45, 2.75) is 45.1 Å². The van der Waals surface area contributed by atoms with Crippen molar-refractivity contribution in [1.82, 2.24) is 4.31 Å². The predicted molar refractivity (Wildman–Crippen MR) is 86.4 cm³/mol. The molecule has 0 aromatic heterocycles. The highest BCUT2D eigenvalue weighted by Gasteiger charge is 2.27. The molecule has 4 nitrogen and oxygen atoms in total.